The Labute approximate surface area is 138 Å². The molecule has 128 valence electrons. The number of nitrogens with zero attached hydrogens (tertiary/aromatic N) is 1. The lowest BCUT2D eigenvalue weighted by atomic mass is 9.96. The number of hydrogen-bond acceptors (Lipinski definition) is 4. The molecule has 0 fully saturated rings. The Bertz CT molecular complexity index is 679. The molecular formula is C17H18F2N2O3. The fraction of sp³-hybridized carbons (Fsp3) is 0.294. The third-order valence-corrected chi connectivity index (χ3v) is 3.34. The zero-order chi connectivity index (χ0) is 17.6. The van der Waals surface area contributed by atoms with Crippen molar-refractivity contribution in [3.8, 4) is 5.88 Å². The van der Waals surface area contributed by atoms with Crippen LogP contribution in [0.15, 0.2) is 48.7 Å². The maximum Gasteiger partial charge on any atom is 0.272 e. The highest BCUT2D eigenvalue weighted by Crippen LogP contribution is 2.19. The number of amides is 1. The normalized spacial score (nSPS) is 13.4. The van der Waals surface area contributed by atoms with Crippen molar-refractivity contribution >= 4 is 5.91 Å². The van der Waals surface area contributed by atoms with E-state index in [0.717, 1.165) is 0 Å². The molecule has 24 heavy (non-hydrogen) atoms. The summed E-state index contributed by atoms with van der Waals surface area (Å²) in [6, 6.07) is 11.6. The molecule has 0 bridgehead atoms. The van der Waals surface area contributed by atoms with Gasteiger partial charge in [0.05, 0.1) is 6.54 Å². The number of carbonyl (C=O) groups excluding carboxylic acids is 1. The van der Waals surface area contributed by atoms with E-state index < -0.39 is 24.5 Å². The van der Waals surface area contributed by atoms with Crippen LogP contribution in [0.1, 0.15) is 22.8 Å². The van der Waals surface area contributed by atoms with Crippen molar-refractivity contribution in [1.29, 1.82) is 0 Å². The lowest BCUT2D eigenvalue weighted by Crippen LogP contribution is -2.38. The van der Waals surface area contributed by atoms with Gasteiger partial charge in [-0.15, -0.1) is 0 Å². The number of ether oxygens (including phenoxy) is 1. The molecule has 1 heterocycles. The fourth-order valence-electron chi connectivity index (χ4n) is 2.03. The topological polar surface area (TPSA) is 71.5 Å². The van der Waals surface area contributed by atoms with Crippen LogP contribution in [0.25, 0.3) is 0 Å². The van der Waals surface area contributed by atoms with Crippen molar-refractivity contribution in [3.63, 3.8) is 0 Å². The Hall–Kier alpha value is -2.54. The summed E-state index contributed by atoms with van der Waals surface area (Å²) in [5.74, 6) is -0.520. The van der Waals surface area contributed by atoms with Gasteiger partial charge < -0.3 is 15.2 Å². The molecule has 2 N–H and O–H groups in total. The van der Waals surface area contributed by atoms with E-state index >= 15 is 0 Å². The molecule has 0 aliphatic rings. The van der Waals surface area contributed by atoms with Crippen molar-refractivity contribution in [2.75, 3.05) is 13.2 Å². The molecule has 1 amide bonds. The van der Waals surface area contributed by atoms with E-state index in [1.807, 2.05) is 6.07 Å². The molecule has 0 saturated heterocycles. The largest absolute Gasteiger partial charge is 0.472 e. The van der Waals surface area contributed by atoms with Crippen molar-refractivity contribution in [1.82, 2.24) is 10.3 Å². The predicted molar refractivity (Wildman–Crippen MR) is 84.1 cm³/mol. The lowest BCUT2D eigenvalue weighted by molar-refractivity contribution is 0.0526. The molecule has 1 atom stereocenters. The summed E-state index contributed by atoms with van der Waals surface area (Å²) in [4.78, 5) is 15.9. The van der Waals surface area contributed by atoms with Gasteiger partial charge in [0, 0.05) is 17.8 Å². The van der Waals surface area contributed by atoms with Gasteiger partial charge in [0.25, 0.3) is 12.3 Å². The minimum Gasteiger partial charge on any atom is -0.472 e. The van der Waals surface area contributed by atoms with Crippen molar-refractivity contribution < 1.29 is 23.4 Å². The van der Waals surface area contributed by atoms with Gasteiger partial charge in [-0.2, -0.15) is 0 Å². The number of hydrogen-bond donors (Lipinski definition) is 2. The molecule has 1 aromatic heterocycles. The second kappa shape index (κ2) is 7.83. The number of carbonyl (C=O) groups is 1. The number of pyridine rings is 1. The minimum absolute atomic E-state index is 0.00854. The van der Waals surface area contributed by atoms with Crippen LogP contribution in [-0.4, -0.2) is 35.6 Å². The molecule has 0 spiro atoms. The van der Waals surface area contributed by atoms with E-state index in [1.165, 1.54) is 18.3 Å². The molecule has 0 aliphatic carbocycles. The van der Waals surface area contributed by atoms with Crippen molar-refractivity contribution in [2.45, 2.75) is 19.0 Å². The molecule has 2 rings (SSSR count). The molecule has 1 unspecified atom stereocenters. The van der Waals surface area contributed by atoms with E-state index in [2.05, 4.69) is 10.3 Å². The third kappa shape index (κ3) is 4.99. The van der Waals surface area contributed by atoms with Crippen LogP contribution in [0.4, 0.5) is 8.78 Å². The van der Waals surface area contributed by atoms with Gasteiger partial charge >= 0.3 is 0 Å². The predicted octanol–water partition coefficient (Wildman–Crippen LogP) is 2.36. The molecular weight excluding hydrogens is 318 g/mol. The van der Waals surface area contributed by atoms with Gasteiger partial charge in [-0.05, 0) is 18.6 Å². The van der Waals surface area contributed by atoms with Crippen LogP contribution < -0.4 is 10.1 Å². The minimum atomic E-state index is -2.62. The summed E-state index contributed by atoms with van der Waals surface area (Å²) in [6.07, 6.45) is -1.32. The number of alkyl halides is 2. The first-order valence-electron chi connectivity index (χ1n) is 7.31. The molecule has 5 nitrogen and oxygen atoms in total. The van der Waals surface area contributed by atoms with Crippen molar-refractivity contribution in [2.24, 2.45) is 0 Å². The molecule has 2 aromatic rings. The quantitative estimate of drug-likeness (QED) is 0.814. The van der Waals surface area contributed by atoms with Crippen LogP contribution >= 0.6 is 0 Å². The average Bonchev–Trinajstić information content (AvgIpc) is 2.59. The van der Waals surface area contributed by atoms with Gasteiger partial charge in [-0.25, -0.2) is 13.8 Å². The summed E-state index contributed by atoms with van der Waals surface area (Å²) >= 11 is 0. The number of nitrogens with one attached hydrogen (secondary N) is 1. The number of halogens is 2. The van der Waals surface area contributed by atoms with E-state index in [-0.39, 0.29) is 18.0 Å². The number of aliphatic hydroxyl groups is 1. The summed E-state index contributed by atoms with van der Waals surface area (Å²) in [6.45, 7) is 0.790. The SMILES string of the molecule is CC(O)(CNC(=O)c1ccnc(OCC(F)F)c1)c1ccccc1. The summed E-state index contributed by atoms with van der Waals surface area (Å²) < 4.78 is 29.0. The first kappa shape index (κ1) is 17.8. The highest BCUT2D eigenvalue weighted by molar-refractivity contribution is 5.94. The van der Waals surface area contributed by atoms with Crippen LogP contribution in [-0.2, 0) is 5.60 Å². The Morgan fingerprint density at radius 3 is 2.71 bits per heavy atom. The van der Waals surface area contributed by atoms with Crippen LogP contribution in [0.2, 0.25) is 0 Å². The Kier molecular flexibility index (Phi) is 5.81. The average molecular weight is 336 g/mol. The Balaban J connectivity index is 1.98. The monoisotopic (exact) mass is 336 g/mol. The third-order valence-electron chi connectivity index (χ3n) is 3.34. The standard InChI is InChI=1S/C17H18F2N2O3/c1-17(23,13-5-3-2-4-6-13)11-21-16(22)12-7-8-20-15(9-12)24-10-14(18)19/h2-9,14,23H,10-11H2,1H3,(H,21,22). The fourth-order valence-corrected chi connectivity index (χ4v) is 2.03. The lowest BCUT2D eigenvalue weighted by Gasteiger charge is -2.24. The van der Waals surface area contributed by atoms with Gasteiger partial charge in [-0.1, -0.05) is 30.3 Å². The van der Waals surface area contributed by atoms with E-state index in [4.69, 9.17) is 4.74 Å². The molecule has 0 saturated carbocycles. The van der Waals surface area contributed by atoms with Gasteiger partial charge in [-0.3, -0.25) is 4.79 Å². The maximum absolute atomic E-state index is 12.2. The zero-order valence-corrected chi connectivity index (χ0v) is 13.1. The molecule has 0 aliphatic heterocycles. The number of benzene rings is 1. The van der Waals surface area contributed by atoms with Crippen molar-refractivity contribution in [3.05, 3.63) is 59.8 Å². The molecule has 7 heteroatoms. The summed E-state index contributed by atoms with van der Waals surface area (Å²) in [5, 5.41) is 13.1. The summed E-state index contributed by atoms with van der Waals surface area (Å²) in [5.41, 5.74) is -0.363. The van der Waals surface area contributed by atoms with E-state index in [9.17, 15) is 18.7 Å². The highest BCUT2D eigenvalue weighted by Gasteiger charge is 2.23. The van der Waals surface area contributed by atoms with E-state index in [1.54, 1.807) is 31.2 Å². The van der Waals surface area contributed by atoms with Crippen LogP contribution in [0, 0.1) is 0 Å². The highest BCUT2D eigenvalue weighted by atomic mass is 19.3. The number of rotatable bonds is 7. The maximum atomic E-state index is 12.2. The zero-order valence-electron chi connectivity index (χ0n) is 13.1. The summed E-state index contributed by atoms with van der Waals surface area (Å²) in [7, 11) is 0. The Morgan fingerprint density at radius 1 is 1.33 bits per heavy atom. The second-order valence-electron chi connectivity index (χ2n) is 5.41. The van der Waals surface area contributed by atoms with Gasteiger partial charge in [0.1, 0.15) is 5.60 Å². The Morgan fingerprint density at radius 2 is 2.04 bits per heavy atom. The van der Waals surface area contributed by atoms with Gasteiger partial charge in [0.15, 0.2) is 6.61 Å². The van der Waals surface area contributed by atoms with Crippen LogP contribution in [0.5, 0.6) is 5.88 Å². The second-order valence-corrected chi connectivity index (χ2v) is 5.41. The molecule has 0 radical (unpaired) electrons. The van der Waals surface area contributed by atoms with Gasteiger partial charge in [0.2, 0.25) is 5.88 Å². The van der Waals surface area contributed by atoms with E-state index in [0.29, 0.717) is 5.56 Å². The number of aromatic nitrogens is 1. The first-order valence-corrected chi connectivity index (χ1v) is 7.31. The van der Waals surface area contributed by atoms with Crippen LogP contribution in [0.3, 0.4) is 0 Å². The smallest absolute Gasteiger partial charge is 0.272 e. The molecule has 1 aromatic carbocycles. The first-order chi connectivity index (χ1) is 11.4.